The number of anilines is 1. The van der Waals surface area contributed by atoms with E-state index in [1.807, 2.05) is 43.4 Å². The minimum absolute atomic E-state index is 0.179. The number of aromatic nitrogens is 3. The van der Waals surface area contributed by atoms with Crippen LogP contribution in [0.15, 0.2) is 77.8 Å². The van der Waals surface area contributed by atoms with Gasteiger partial charge in [0.05, 0.1) is 17.6 Å². The average molecular weight is 543 g/mol. The Morgan fingerprint density at radius 2 is 2.12 bits per heavy atom. The predicted octanol–water partition coefficient (Wildman–Crippen LogP) is 4.55. The van der Waals surface area contributed by atoms with E-state index in [4.69, 9.17) is 4.74 Å². The maximum absolute atomic E-state index is 14.5. The maximum atomic E-state index is 14.5. The summed E-state index contributed by atoms with van der Waals surface area (Å²) in [5, 5.41) is 15.9. The van der Waals surface area contributed by atoms with Crippen molar-refractivity contribution in [2.24, 2.45) is 0 Å². The molecule has 3 heterocycles. The third-order valence-corrected chi connectivity index (χ3v) is 7.14. The molecule has 1 saturated heterocycles. The Hall–Kier alpha value is -4.08. The van der Waals surface area contributed by atoms with Crippen LogP contribution in [-0.2, 0) is 0 Å². The Bertz CT molecular complexity index is 1410. The van der Waals surface area contributed by atoms with E-state index < -0.39 is 5.82 Å². The molecule has 1 fully saturated rings. The van der Waals surface area contributed by atoms with E-state index in [1.54, 1.807) is 12.2 Å². The van der Waals surface area contributed by atoms with Crippen LogP contribution < -0.4 is 15.4 Å². The van der Waals surface area contributed by atoms with Crippen LogP contribution in [-0.4, -0.2) is 63.8 Å². The number of hydrogen-bond donors (Lipinski definition) is 3. The molecule has 1 aliphatic heterocycles. The Kier molecular flexibility index (Phi) is 8.83. The second-order valence-electron chi connectivity index (χ2n) is 10.0. The van der Waals surface area contributed by atoms with Gasteiger partial charge in [-0.1, -0.05) is 24.8 Å². The van der Waals surface area contributed by atoms with Crippen LogP contribution in [0.2, 0.25) is 0 Å². The molecule has 0 amide bonds. The molecule has 0 radical (unpaired) electrons. The first-order chi connectivity index (χ1) is 19.5. The summed E-state index contributed by atoms with van der Waals surface area (Å²) >= 11 is 0. The molecule has 208 valence electrons. The highest BCUT2D eigenvalue weighted by Crippen LogP contribution is 2.24. The fraction of sp³-hybridized carbons (Fsp3) is 0.323. The molecule has 0 saturated carbocycles. The Morgan fingerprint density at radius 1 is 1.25 bits per heavy atom. The van der Waals surface area contributed by atoms with Crippen LogP contribution >= 0.6 is 0 Å². The van der Waals surface area contributed by atoms with E-state index in [0.29, 0.717) is 30.0 Å². The lowest BCUT2D eigenvalue weighted by Gasteiger charge is -2.37. The van der Waals surface area contributed by atoms with Crippen molar-refractivity contribution >= 4 is 18.1 Å². The van der Waals surface area contributed by atoms with Crippen LogP contribution in [0.3, 0.4) is 0 Å². The van der Waals surface area contributed by atoms with Gasteiger partial charge in [0.25, 0.3) is 0 Å². The van der Waals surface area contributed by atoms with Gasteiger partial charge < -0.3 is 25.4 Å². The van der Waals surface area contributed by atoms with Gasteiger partial charge in [-0.25, -0.2) is 19.3 Å². The third kappa shape index (κ3) is 6.91. The summed E-state index contributed by atoms with van der Waals surface area (Å²) in [6, 6.07) is 3.99. The molecule has 0 unspecified atom stereocenters. The highest BCUT2D eigenvalue weighted by molar-refractivity contribution is 5.67. The zero-order valence-corrected chi connectivity index (χ0v) is 22.7. The highest BCUT2D eigenvalue weighted by atomic mass is 19.1. The van der Waals surface area contributed by atoms with Crippen LogP contribution in [0, 0.1) is 12.7 Å². The molecule has 8 nitrogen and oxygen atoms in total. The number of piperazine rings is 1. The number of pyridine rings is 1. The van der Waals surface area contributed by atoms with Crippen LogP contribution in [0.25, 0.3) is 12.2 Å². The van der Waals surface area contributed by atoms with Crippen LogP contribution in [0.1, 0.15) is 36.3 Å². The van der Waals surface area contributed by atoms with E-state index >= 15 is 0 Å². The fourth-order valence-corrected chi connectivity index (χ4v) is 4.78. The summed E-state index contributed by atoms with van der Waals surface area (Å²) in [5.41, 5.74) is 5.86. The number of rotatable bonds is 11. The molecule has 0 aromatic carbocycles. The minimum Gasteiger partial charge on any atom is -0.487 e. The number of aliphatic hydroxyl groups excluding tert-OH is 1. The summed E-state index contributed by atoms with van der Waals surface area (Å²) in [6.07, 6.45) is 17.1. The van der Waals surface area contributed by atoms with Crippen molar-refractivity contribution < 1.29 is 14.2 Å². The summed E-state index contributed by atoms with van der Waals surface area (Å²) in [4.78, 5) is 15.5. The minimum atomic E-state index is -0.507. The molecule has 5 rings (SSSR count). The molecule has 2 aliphatic carbocycles. The SMILES string of the molecule is C=C(COc1ccc(/C=C/c2nc(NC3=CC=C(N4CCN[C@H](CCO)C4)CC3)ncc2F)nc1C)C1=CC=C1. The number of nitrogens with one attached hydrogen (secondary N) is 2. The molecule has 2 aromatic rings. The third-order valence-electron chi connectivity index (χ3n) is 7.14. The number of allylic oxidation sites excluding steroid dienone is 7. The zero-order valence-electron chi connectivity index (χ0n) is 22.7. The standard InChI is InChI=1S/C31H35FN6O2/c1-21(23-4-3-5-23)20-40-30-13-9-24(35-22(30)2)8-12-29-28(32)18-34-31(37-29)36-25-6-10-27(11-7-25)38-16-15-33-26(19-38)14-17-39/h3-6,8-10,12-13,18,26,33,39H,1,7,11,14-17,19-20H2,2H3,(H,34,36,37)/b12-8+/t26-/m1/s1. The summed E-state index contributed by atoms with van der Waals surface area (Å²) in [7, 11) is 0. The van der Waals surface area contributed by atoms with Crippen LogP contribution in [0.4, 0.5) is 10.3 Å². The largest absolute Gasteiger partial charge is 0.487 e. The predicted molar refractivity (Wildman–Crippen MR) is 156 cm³/mol. The van der Waals surface area contributed by atoms with Gasteiger partial charge in [0.15, 0.2) is 5.82 Å². The van der Waals surface area contributed by atoms with Crippen molar-refractivity contribution in [2.75, 3.05) is 38.2 Å². The monoisotopic (exact) mass is 542 g/mol. The number of aliphatic hydroxyl groups is 1. The number of aryl methyl sites for hydroxylation is 1. The van der Waals surface area contributed by atoms with Gasteiger partial charge in [-0.2, -0.15) is 0 Å². The maximum Gasteiger partial charge on any atom is 0.227 e. The molecule has 0 spiro atoms. The topological polar surface area (TPSA) is 95.4 Å². The van der Waals surface area contributed by atoms with Crippen molar-refractivity contribution in [1.82, 2.24) is 25.2 Å². The van der Waals surface area contributed by atoms with Gasteiger partial charge in [0, 0.05) is 43.7 Å². The molecular formula is C31H35FN6O2. The van der Waals surface area contributed by atoms with Crippen LogP contribution in [0.5, 0.6) is 5.75 Å². The smallest absolute Gasteiger partial charge is 0.227 e. The van der Waals surface area contributed by atoms with Gasteiger partial charge in [0.1, 0.15) is 18.1 Å². The van der Waals surface area contributed by atoms with Crippen molar-refractivity contribution in [1.29, 1.82) is 0 Å². The van der Waals surface area contributed by atoms with Crippen molar-refractivity contribution in [3.63, 3.8) is 0 Å². The van der Waals surface area contributed by atoms with Gasteiger partial charge in [-0.05, 0) is 73.8 Å². The molecule has 40 heavy (non-hydrogen) atoms. The number of hydrogen-bond acceptors (Lipinski definition) is 8. The molecule has 1 atom stereocenters. The van der Waals surface area contributed by atoms with E-state index in [2.05, 4.69) is 43.1 Å². The first-order valence-electron chi connectivity index (χ1n) is 13.6. The second kappa shape index (κ2) is 12.8. The van der Waals surface area contributed by atoms with Crippen molar-refractivity contribution in [3.8, 4) is 5.75 Å². The summed E-state index contributed by atoms with van der Waals surface area (Å²) in [6.45, 7) is 9.27. The van der Waals surface area contributed by atoms with Crippen molar-refractivity contribution in [3.05, 3.63) is 101 Å². The quantitative estimate of drug-likeness (QED) is 0.381. The van der Waals surface area contributed by atoms with E-state index in [-0.39, 0.29) is 12.3 Å². The average Bonchev–Trinajstić information content (AvgIpc) is 2.92. The normalized spacial score (nSPS) is 18.6. The molecular weight excluding hydrogens is 507 g/mol. The number of nitrogens with zero attached hydrogens (tertiary/aromatic N) is 4. The van der Waals surface area contributed by atoms with Gasteiger partial charge >= 0.3 is 0 Å². The second-order valence-corrected chi connectivity index (χ2v) is 10.0. The summed E-state index contributed by atoms with van der Waals surface area (Å²) < 4.78 is 20.4. The first-order valence-corrected chi connectivity index (χ1v) is 13.6. The fourth-order valence-electron chi connectivity index (χ4n) is 4.78. The lowest BCUT2D eigenvalue weighted by molar-refractivity contribution is 0.199. The molecule has 2 aromatic heterocycles. The van der Waals surface area contributed by atoms with Gasteiger partial charge in [-0.15, -0.1) is 0 Å². The van der Waals surface area contributed by atoms with Gasteiger partial charge in [0.2, 0.25) is 5.95 Å². The van der Waals surface area contributed by atoms with E-state index in [0.717, 1.165) is 61.4 Å². The number of halogens is 1. The first kappa shape index (κ1) is 27.5. The van der Waals surface area contributed by atoms with E-state index in [1.165, 1.54) is 11.9 Å². The Balaban J connectivity index is 1.19. The molecule has 3 N–H and O–H groups in total. The highest BCUT2D eigenvalue weighted by Gasteiger charge is 2.21. The van der Waals surface area contributed by atoms with Crippen molar-refractivity contribution in [2.45, 2.75) is 32.2 Å². The number of ether oxygens (including phenoxy) is 1. The molecule has 0 bridgehead atoms. The van der Waals surface area contributed by atoms with E-state index in [9.17, 15) is 9.50 Å². The zero-order chi connectivity index (χ0) is 27.9. The molecule has 3 aliphatic rings. The lowest BCUT2D eigenvalue weighted by Crippen LogP contribution is -2.50. The summed E-state index contributed by atoms with van der Waals surface area (Å²) in [5.74, 6) is 0.521. The Labute approximate surface area is 234 Å². The Morgan fingerprint density at radius 3 is 2.85 bits per heavy atom. The van der Waals surface area contributed by atoms with Gasteiger partial charge in [-0.3, -0.25) is 0 Å². The lowest BCUT2D eigenvalue weighted by atomic mass is 10.0. The molecule has 9 heteroatoms.